The maximum atomic E-state index is 13.7. The van der Waals surface area contributed by atoms with Crippen LogP contribution in [0.5, 0.6) is 17.2 Å². The van der Waals surface area contributed by atoms with Gasteiger partial charge in [0.2, 0.25) is 0 Å². The largest absolute Gasteiger partial charge is 0.508 e. The summed E-state index contributed by atoms with van der Waals surface area (Å²) in [4.78, 5) is 18.8. The van der Waals surface area contributed by atoms with Crippen molar-refractivity contribution in [3.8, 4) is 28.5 Å². The molecule has 0 saturated carbocycles. The van der Waals surface area contributed by atoms with E-state index in [9.17, 15) is 9.90 Å². The van der Waals surface area contributed by atoms with Crippen molar-refractivity contribution in [2.24, 2.45) is 0 Å². The topological polar surface area (TPSA) is 103 Å². The Morgan fingerprint density at radius 2 is 1.78 bits per heavy atom. The molecule has 186 valence electrons. The van der Waals surface area contributed by atoms with Crippen molar-refractivity contribution in [1.82, 2.24) is 20.1 Å². The average Bonchev–Trinajstić information content (AvgIpc) is 3.61. The maximum absolute atomic E-state index is 13.7. The van der Waals surface area contributed by atoms with E-state index in [1.165, 1.54) is 0 Å². The monoisotopic (exact) mass is 494 g/mol. The summed E-state index contributed by atoms with van der Waals surface area (Å²) in [7, 11) is 3.28. The van der Waals surface area contributed by atoms with Gasteiger partial charge in [0, 0.05) is 34.8 Å². The van der Waals surface area contributed by atoms with E-state index in [1.54, 1.807) is 32.4 Å². The van der Waals surface area contributed by atoms with Crippen LogP contribution in [0.2, 0.25) is 0 Å². The highest BCUT2D eigenvalue weighted by Gasteiger charge is 2.42. The molecule has 3 aromatic carbocycles. The Balaban J connectivity index is 1.39. The number of methoxy groups -OCH3 is 2. The third-order valence-corrected chi connectivity index (χ3v) is 7.01. The zero-order valence-electron chi connectivity index (χ0n) is 20.5. The first-order chi connectivity index (χ1) is 18.1. The van der Waals surface area contributed by atoms with Crippen LogP contribution in [0.4, 0.5) is 0 Å². The van der Waals surface area contributed by atoms with Crippen LogP contribution in [0.3, 0.4) is 0 Å². The molecule has 0 aliphatic carbocycles. The van der Waals surface area contributed by atoms with E-state index in [4.69, 9.17) is 9.47 Å². The summed E-state index contributed by atoms with van der Waals surface area (Å²) in [5.74, 6) is 1.56. The molecule has 6 rings (SSSR count). The van der Waals surface area contributed by atoms with Gasteiger partial charge in [0.25, 0.3) is 5.91 Å². The Kier molecular flexibility index (Phi) is 5.56. The molecular formula is C29H26N4O4. The molecule has 1 aliphatic rings. The molecular weight excluding hydrogens is 468 g/mol. The third-order valence-electron chi connectivity index (χ3n) is 7.01. The number of benzene rings is 3. The summed E-state index contributed by atoms with van der Waals surface area (Å²) in [6.45, 7) is 0.480. The fraction of sp³-hybridized carbons (Fsp3) is 0.172. The molecule has 8 nitrogen and oxygen atoms in total. The second-order valence-electron chi connectivity index (χ2n) is 9.06. The number of nitrogens with one attached hydrogen (secondary N) is 2. The van der Waals surface area contributed by atoms with Crippen molar-refractivity contribution in [1.29, 1.82) is 0 Å². The quantitative estimate of drug-likeness (QED) is 0.293. The second kappa shape index (κ2) is 9.05. The van der Waals surface area contributed by atoms with Crippen molar-refractivity contribution in [2.45, 2.75) is 12.5 Å². The number of hydrogen-bond donors (Lipinski definition) is 3. The van der Waals surface area contributed by atoms with Gasteiger partial charge < -0.3 is 24.5 Å². The number of hydrogen-bond acceptors (Lipinski definition) is 5. The van der Waals surface area contributed by atoms with E-state index in [0.29, 0.717) is 24.4 Å². The predicted molar refractivity (Wildman–Crippen MR) is 140 cm³/mol. The number of amides is 1. The number of ether oxygens (including phenoxy) is 2. The molecule has 8 heteroatoms. The number of H-pyrrole nitrogens is 2. The molecule has 2 aromatic heterocycles. The molecule has 0 spiro atoms. The Morgan fingerprint density at radius 1 is 1.00 bits per heavy atom. The first kappa shape index (κ1) is 22.7. The number of aromatic nitrogens is 3. The maximum Gasteiger partial charge on any atom is 0.273 e. The van der Waals surface area contributed by atoms with E-state index in [0.717, 1.165) is 44.7 Å². The predicted octanol–water partition coefficient (Wildman–Crippen LogP) is 5.07. The molecule has 5 aromatic rings. The SMILES string of the molecule is COc1ccc(-c2n[nH]c3c2C(c2cccc(O)c2)N(CCc2c[nH]c4ccc(OC)cc24)C3=O)cc1. The van der Waals surface area contributed by atoms with Gasteiger partial charge in [0.15, 0.2) is 0 Å². The van der Waals surface area contributed by atoms with Gasteiger partial charge in [-0.3, -0.25) is 9.89 Å². The van der Waals surface area contributed by atoms with Crippen LogP contribution in [0, 0.1) is 0 Å². The summed E-state index contributed by atoms with van der Waals surface area (Å²) >= 11 is 0. The van der Waals surface area contributed by atoms with E-state index >= 15 is 0 Å². The molecule has 0 bridgehead atoms. The van der Waals surface area contributed by atoms with Crippen molar-refractivity contribution in [3.05, 3.63) is 95.3 Å². The number of phenolic OH excluding ortho intramolecular Hbond substituents is 1. The minimum absolute atomic E-state index is 0.118. The highest BCUT2D eigenvalue weighted by atomic mass is 16.5. The molecule has 0 radical (unpaired) electrons. The van der Waals surface area contributed by atoms with Crippen molar-refractivity contribution >= 4 is 16.8 Å². The number of carbonyl (C=O) groups is 1. The summed E-state index contributed by atoms with van der Waals surface area (Å²) < 4.78 is 10.7. The summed E-state index contributed by atoms with van der Waals surface area (Å²) in [5.41, 5.74) is 5.80. The normalized spacial score (nSPS) is 14.8. The van der Waals surface area contributed by atoms with Gasteiger partial charge >= 0.3 is 0 Å². The van der Waals surface area contributed by atoms with Crippen molar-refractivity contribution in [2.75, 3.05) is 20.8 Å². The van der Waals surface area contributed by atoms with Gasteiger partial charge in [-0.2, -0.15) is 5.10 Å². The highest BCUT2D eigenvalue weighted by molar-refractivity contribution is 6.00. The fourth-order valence-electron chi connectivity index (χ4n) is 5.17. The molecule has 1 amide bonds. The van der Waals surface area contributed by atoms with Crippen LogP contribution < -0.4 is 9.47 Å². The molecule has 37 heavy (non-hydrogen) atoms. The van der Waals surface area contributed by atoms with Gasteiger partial charge in [0.05, 0.1) is 26.0 Å². The lowest BCUT2D eigenvalue weighted by molar-refractivity contribution is 0.0746. The van der Waals surface area contributed by atoms with E-state index in [1.807, 2.05) is 59.6 Å². The number of phenols is 1. The van der Waals surface area contributed by atoms with Crippen LogP contribution >= 0.6 is 0 Å². The molecule has 1 unspecified atom stereocenters. The lowest BCUT2D eigenvalue weighted by Gasteiger charge is -2.26. The van der Waals surface area contributed by atoms with Crippen LogP contribution in [0.1, 0.15) is 33.2 Å². The van der Waals surface area contributed by atoms with Gasteiger partial charge in [-0.1, -0.05) is 12.1 Å². The van der Waals surface area contributed by atoms with E-state index in [-0.39, 0.29) is 11.7 Å². The highest BCUT2D eigenvalue weighted by Crippen LogP contribution is 2.43. The van der Waals surface area contributed by atoms with Crippen LogP contribution in [0.15, 0.2) is 72.9 Å². The number of aromatic hydroxyl groups is 1. The molecule has 3 N–H and O–H groups in total. The van der Waals surface area contributed by atoms with Gasteiger partial charge in [-0.05, 0) is 72.1 Å². The Morgan fingerprint density at radius 3 is 2.54 bits per heavy atom. The Hall–Kier alpha value is -4.72. The van der Waals surface area contributed by atoms with Crippen LogP contribution in [-0.4, -0.2) is 51.9 Å². The van der Waals surface area contributed by atoms with Crippen molar-refractivity contribution in [3.63, 3.8) is 0 Å². The number of nitrogens with zero attached hydrogens (tertiary/aromatic N) is 2. The Labute approximate surface area is 213 Å². The van der Waals surface area contributed by atoms with Gasteiger partial charge in [0.1, 0.15) is 22.9 Å². The first-order valence-corrected chi connectivity index (χ1v) is 12.0. The lowest BCUT2D eigenvalue weighted by Crippen LogP contribution is -2.31. The molecule has 3 heterocycles. The second-order valence-corrected chi connectivity index (χ2v) is 9.06. The summed E-state index contributed by atoms with van der Waals surface area (Å²) in [6.07, 6.45) is 2.63. The average molecular weight is 495 g/mol. The van der Waals surface area contributed by atoms with E-state index < -0.39 is 6.04 Å². The molecule has 0 fully saturated rings. The fourth-order valence-corrected chi connectivity index (χ4v) is 5.17. The number of fused-ring (bicyclic) bond motifs is 2. The number of rotatable bonds is 7. The molecule has 0 saturated heterocycles. The zero-order valence-corrected chi connectivity index (χ0v) is 20.5. The summed E-state index contributed by atoms with van der Waals surface area (Å²) in [6, 6.07) is 20.2. The molecule has 1 aliphatic heterocycles. The van der Waals surface area contributed by atoms with E-state index in [2.05, 4.69) is 15.2 Å². The molecule has 1 atom stereocenters. The number of aromatic amines is 2. The van der Waals surface area contributed by atoms with Gasteiger partial charge in [-0.25, -0.2) is 0 Å². The van der Waals surface area contributed by atoms with Gasteiger partial charge in [-0.15, -0.1) is 0 Å². The minimum atomic E-state index is -0.398. The Bertz CT molecular complexity index is 1600. The first-order valence-electron chi connectivity index (χ1n) is 12.0. The van der Waals surface area contributed by atoms with Crippen LogP contribution in [0.25, 0.3) is 22.2 Å². The lowest BCUT2D eigenvalue weighted by atomic mass is 9.95. The summed E-state index contributed by atoms with van der Waals surface area (Å²) in [5, 5.41) is 18.8. The third kappa shape index (κ3) is 3.87. The van der Waals surface area contributed by atoms with Crippen molar-refractivity contribution < 1.29 is 19.4 Å². The minimum Gasteiger partial charge on any atom is -0.508 e. The smallest absolute Gasteiger partial charge is 0.273 e. The number of carbonyl (C=O) groups excluding carboxylic acids is 1. The van der Waals surface area contributed by atoms with Crippen LogP contribution in [-0.2, 0) is 6.42 Å². The standard InChI is InChI=1S/C29H26N4O4/c1-36-21-8-6-17(7-9-21)26-25-27(32-31-26)29(35)33(28(25)18-4-3-5-20(34)14-18)13-12-19-16-30-24-11-10-22(37-2)15-23(19)24/h3-11,14-16,28,30,34H,12-13H2,1-2H3,(H,31,32). The zero-order chi connectivity index (χ0) is 25.5.